The van der Waals surface area contributed by atoms with E-state index in [0.29, 0.717) is 5.56 Å². The highest BCUT2D eigenvalue weighted by atomic mass is 35.5. The monoisotopic (exact) mass is 308 g/mol. The average molecular weight is 309 g/mol. The fraction of sp³-hybridized carbons (Fsp3) is 0.133. The molecule has 0 bridgehead atoms. The molecule has 0 fully saturated rings. The largest absolute Gasteiger partial charge is 0.396 e. The topological polar surface area (TPSA) is 55.1 Å². The van der Waals surface area contributed by atoms with Gasteiger partial charge < -0.3 is 11.1 Å². The number of anilines is 1. The first-order chi connectivity index (χ1) is 9.49. The first kappa shape index (κ1) is 14.7. The molecule has 2 aromatic carbocycles. The Morgan fingerprint density at radius 2 is 1.70 bits per heavy atom. The van der Waals surface area contributed by atoms with Gasteiger partial charge in [-0.1, -0.05) is 53.5 Å². The molecule has 0 aliphatic carbocycles. The summed E-state index contributed by atoms with van der Waals surface area (Å²) in [5.74, 6) is -0.245. The van der Waals surface area contributed by atoms with Crippen LogP contribution in [0.3, 0.4) is 0 Å². The van der Waals surface area contributed by atoms with Crippen LogP contribution < -0.4 is 11.1 Å². The van der Waals surface area contributed by atoms with Crippen LogP contribution in [-0.4, -0.2) is 5.91 Å². The minimum absolute atomic E-state index is 0.112. The zero-order valence-electron chi connectivity index (χ0n) is 10.9. The molecule has 1 unspecified atom stereocenters. The van der Waals surface area contributed by atoms with Crippen molar-refractivity contribution < 1.29 is 4.79 Å². The highest BCUT2D eigenvalue weighted by Crippen LogP contribution is 2.29. The predicted octanol–water partition coefficient (Wildman–Crippen LogP) is 4.07. The molecule has 0 aliphatic heterocycles. The SMILES string of the molecule is CC(NC(=O)c1cc(Cl)c(N)c(Cl)c1)c1ccccc1. The molecular weight excluding hydrogens is 295 g/mol. The van der Waals surface area contributed by atoms with Crippen molar-refractivity contribution in [2.45, 2.75) is 13.0 Å². The number of carbonyl (C=O) groups excluding carboxylic acids is 1. The Labute approximate surface area is 127 Å². The molecule has 0 aliphatic rings. The van der Waals surface area contributed by atoms with Crippen LogP contribution in [0.15, 0.2) is 42.5 Å². The Morgan fingerprint density at radius 3 is 2.25 bits per heavy atom. The molecule has 2 aromatic rings. The van der Waals surface area contributed by atoms with Crippen LogP contribution in [0.1, 0.15) is 28.9 Å². The van der Waals surface area contributed by atoms with Crippen LogP contribution >= 0.6 is 23.2 Å². The van der Waals surface area contributed by atoms with E-state index >= 15 is 0 Å². The summed E-state index contributed by atoms with van der Waals surface area (Å²) < 4.78 is 0. The summed E-state index contributed by atoms with van der Waals surface area (Å²) in [7, 11) is 0. The van der Waals surface area contributed by atoms with E-state index in [1.807, 2.05) is 37.3 Å². The van der Waals surface area contributed by atoms with Crippen molar-refractivity contribution in [2.75, 3.05) is 5.73 Å². The number of nitrogens with one attached hydrogen (secondary N) is 1. The van der Waals surface area contributed by atoms with Crippen LogP contribution in [0.25, 0.3) is 0 Å². The fourth-order valence-electron chi connectivity index (χ4n) is 1.82. The standard InChI is InChI=1S/C15H14Cl2N2O/c1-9(10-5-3-2-4-6-10)19-15(20)11-7-12(16)14(18)13(17)8-11/h2-9H,18H2,1H3,(H,19,20). The van der Waals surface area contributed by atoms with Gasteiger partial charge in [-0.15, -0.1) is 0 Å². The summed E-state index contributed by atoms with van der Waals surface area (Å²) in [6, 6.07) is 12.6. The summed E-state index contributed by atoms with van der Waals surface area (Å²) in [5.41, 5.74) is 7.33. The summed E-state index contributed by atoms with van der Waals surface area (Å²) in [5, 5.41) is 3.44. The maximum atomic E-state index is 12.2. The molecule has 0 aromatic heterocycles. The molecule has 2 rings (SSSR count). The molecule has 0 spiro atoms. The van der Waals surface area contributed by atoms with Gasteiger partial charge in [0.1, 0.15) is 0 Å². The van der Waals surface area contributed by atoms with Crippen molar-refractivity contribution in [3.8, 4) is 0 Å². The second-order valence-corrected chi connectivity index (χ2v) is 5.27. The summed E-state index contributed by atoms with van der Waals surface area (Å²) >= 11 is 11.9. The van der Waals surface area contributed by atoms with E-state index in [-0.39, 0.29) is 27.7 Å². The zero-order valence-corrected chi connectivity index (χ0v) is 12.4. The van der Waals surface area contributed by atoms with Gasteiger partial charge in [0.05, 0.1) is 21.8 Å². The molecule has 3 nitrogen and oxygen atoms in total. The number of benzene rings is 2. The minimum Gasteiger partial charge on any atom is -0.396 e. The number of nitrogen functional groups attached to an aromatic ring is 1. The van der Waals surface area contributed by atoms with Gasteiger partial charge in [-0.3, -0.25) is 4.79 Å². The maximum absolute atomic E-state index is 12.2. The number of hydrogen-bond acceptors (Lipinski definition) is 2. The van der Waals surface area contributed by atoms with Crippen molar-refractivity contribution in [3.05, 3.63) is 63.6 Å². The highest BCUT2D eigenvalue weighted by molar-refractivity contribution is 6.39. The quantitative estimate of drug-likeness (QED) is 0.840. The van der Waals surface area contributed by atoms with Gasteiger partial charge in [0, 0.05) is 5.56 Å². The van der Waals surface area contributed by atoms with Gasteiger partial charge in [0.2, 0.25) is 0 Å². The van der Waals surface area contributed by atoms with Crippen LogP contribution in [0.4, 0.5) is 5.69 Å². The van der Waals surface area contributed by atoms with E-state index in [0.717, 1.165) is 5.56 Å². The third-order valence-corrected chi connectivity index (χ3v) is 3.61. The van der Waals surface area contributed by atoms with Gasteiger partial charge >= 0.3 is 0 Å². The highest BCUT2D eigenvalue weighted by Gasteiger charge is 2.14. The van der Waals surface area contributed by atoms with E-state index in [1.54, 1.807) is 0 Å². The smallest absolute Gasteiger partial charge is 0.251 e. The summed E-state index contributed by atoms with van der Waals surface area (Å²) in [6.07, 6.45) is 0. The molecule has 104 valence electrons. The Kier molecular flexibility index (Phi) is 4.53. The number of amides is 1. The molecule has 0 radical (unpaired) electrons. The molecule has 1 amide bonds. The number of rotatable bonds is 3. The van der Waals surface area contributed by atoms with Crippen molar-refractivity contribution >= 4 is 34.8 Å². The number of halogens is 2. The number of hydrogen-bond donors (Lipinski definition) is 2. The van der Waals surface area contributed by atoms with Crippen LogP contribution in [0.5, 0.6) is 0 Å². The predicted molar refractivity (Wildman–Crippen MR) is 83.2 cm³/mol. The maximum Gasteiger partial charge on any atom is 0.251 e. The lowest BCUT2D eigenvalue weighted by Gasteiger charge is -2.15. The Balaban J connectivity index is 2.17. The van der Waals surface area contributed by atoms with Gasteiger partial charge in [0.15, 0.2) is 0 Å². The van der Waals surface area contributed by atoms with Gasteiger partial charge in [-0.05, 0) is 24.6 Å². The van der Waals surface area contributed by atoms with Gasteiger partial charge in [-0.25, -0.2) is 0 Å². The van der Waals surface area contributed by atoms with E-state index in [2.05, 4.69) is 5.32 Å². The zero-order chi connectivity index (χ0) is 14.7. The molecular formula is C15H14Cl2N2O. The van der Waals surface area contributed by atoms with Gasteiger partial charge in [-0.2, -0.15) is 0 Å². The lowest BCUT2D eigenvalue weighted by molar-refractivity contribution is 0.0940. The summed E-state index contributed by atoms with van der Waals surface area (Å²) in [4.78, 5) is 12.2. The third kappa shape index (κ3) is 3.24. The van der Waals surface area contributed by atoms with Crippen LogP contribution in [-0.2, 0) is 0 Å². The average Bonchev–Trinajstić information content (AvgIpc) is 2.45. The van der Waals surface area contributed by atoms with Gasteiger partial charge in [0.25, 0.3) is 5.91 Å². The molecule has 0 saturated heterocycles. The van der Waals surface area contributed by atoms with E-state index in [9.17, 15) is 4.79 Å². The Bertz CT molecular complexity index is 606. The third-order valence-electron chi connectivity index (χ3n) is 2.99. The number of nitrogens with two attached hydrogens (primary N) is 1. The van der Waals surface area contributed by atoms with E-state index < -0.39 is 0 Å². The van der Waals surface area contributed by atoms with Crippen LogP contribution in [0.2, 0.25) is 10.0 Å². The van der Waals surface area contributed by atoms with Crippen molar-refractivity contribution in [3.63, 3.8) is 0 Å². The normalized spacial score (nSPS) is 11.9. The molecule has 1 atom stereocenters. The lowest BCUT2D eigenvalue weighted by atomic mass is 10.1. The Hall–Kier alpha value is -1.71. The molecule has 5 heteroatoms. The fourth-order valence-corrected chi connectivity index (χ4v) is 2.31. The van der Waals surface area contributed by atoms with Crippen molar-refractivity contribution in [1.82, 2.24) is 5.32 Å². The molecule has 0 heterocycles. The summed E-state index contributed by atoms with van der Waals surface area (Å²) in [6.45, 7) is 1.91. The van der Waals surface area contributed by atoms with E-state index in [1.165, 1.54) is 12.1 Å². The molecule has 3 N–H and O–H groups in total. The first-order valence-electron chi connectivity index (χ1n) is 6.09. The number of carbonyl (C=O) groups is 1. The van der Waals surface area contributed by atoms with Crippen molar-refractivity contribution in [2.24, 2.45) is 0 Å². The first-order valence-corrected chi connectivity index (χ1v) is 6.85. The second-order valence-electron chi connectivity index (χ2n) is 4.46. The van der Waals surface area contributed by atoms with E-state index in [4.69, 9.17) is 28.9 Å². The van der Waals surface area contributed by atoms with Crippen molar-refractivity contribution in [1.29, 1.82) is 0 Å². The Morgan fingerprint density at radius 1 is 1.15 bits per heavy atom. The van der Waals surface area contributed by atoms with Crippen LogP contribution in [0, 0.1) is 0 Å². The lowest BCUT2D eigenvalue weighted by Crippen LogP contribution is -2.26. The minimum atomic E-state index is -0.245. The molecule has 20 heavy (non-hydrogen) atoms. The molecule has 0 saturated carbocycles. The second kappa shape index (κ2) is 6.16.